The van der Waals surface area contributed by atoms with Crippen LogP contribution >= 0.6 is 0 Å². The lowest BCUT2D eigenvalue weighted by Gasteiger charge is -2.45. The summed E-state index contributed by atoms with van der Waals surface area (Å²) in [6.07, 6.45) is 1.96. The summed E-state index contributed by atoms with van der Waals surface area (Å²) in [7, 11) is 0. The Bertz CT molecular complexity index is 846. The van der Waals surface area contributed by atoms with E-state index in [1.807, 2.05) is 30.3 Å². The molecule has 162 valence electrons. The minimum atomic E-state index is -0.872. The fourth-order valence-electron chi connectivity index (χ4n) is 4.02. The van der Waals surface area contributed by atoms with Crippen LogP contribution in [0.25, 0.3) is 0 Å². The average molecular weight is 418 g/mol. The SMILES string of the molecule is CC(C)(C)OC(=O)NC1CCC(=O)N(Cc2ccccc2)[C@@H]1C1CC(F)=CC=C1F. The molecule has 2 amide bonds. The first kappa shape index (κ1) is 22.0. The van der Waals surface area contributed by atoms with E-state index in [0.717, 1.165) is 17.7 Å². The zero-order valence-corrected chi connectivity index (χ0v) is 17.5. The molecule has 1 aliphatic heterocycles. The maximum atomic E-state index is 14.8. The number of amides is 2. The number of carbonyl (C=O) groups excluding carboxylic acids is 2. The van der Waals surface area contributed by atoms with Gasteiger partial charge in [0.1, 0.15) is 17.3 Å². The van der Waals surface area contributed by atoms with Crippen molar-refractivity contribution in [1.29, 1.82) is 0 Å². The molecule has 2 aliphatic rings. The van der Waals surface area contributed by atoms with Gasteiger partial charge < -0.3 is 15.0 Å². The van der Waals surface area contributed by atoms with Gasteiger partial charge in [-0.2, -0.15) is 0 Å². The smallest absolute Gasteiger partial charge is 0.407 e. The quantitative estimate of drug-likeness (QED) is 0.764. The van der Waals surface area contributed by atoms with Crippen molar-refractivity contribution in [3.63, 3.8) is 0 Å². The molecule has 0 saturated carbocycles. The summed E-state index contributed by atoms with van der Waals surface area (Å²) in [5.41, 5.74) is 0.184. The normalized spacial score (nSPS) is 24.8. The minimum Gasteiger partial charge on any atom is -0.444 e. The highest BCUT2D eigenvalue weighted by molar-refractivity contribution is 5.78. The van der Waals surface area contributed by atoms with Crippen LogP contribution in [-0.2, 0) is 16.1 Å². The van der Waals surface area contributed by atoms with E-state index in [9.17, 15) is 18.4 Å². The number of rotatable bonds is 4. The van der Waals surface area contributed by atoms with Gasteiger partial charge in [-0.3, -0.25) is 4.79 Å². The summed E-state index contributed by atoms with van der Waals surface area (Å²) in [4.78, 5) is 26.8. The van der Waals surface area contributed by atoms with Crippen LogP contribution < -0.4 is 5.32 Å². The summed E-state index contributed by atoms with van der Waals surface area (Å²) >= 11 is 0. The maximum Gasteiger partial charge on any atom is 0.407 e. The number of nitrogens with zero attached hydrogens (tertiary/aromatic N) is 1. The predicted molar refractivity (Wildman–Crippen MR) is 110 cm³/mol. The average Bonchev–Trinajstić information content (AvgIpc) is 2.66. The number of likely N-dealkylation sites (tertiary alicyclic amines) is 1. The van der Waals surface area contributed by atoms with Crippen LogP contribution in [0.3, 0.4) is 0 Å². The first-order valence-electron chi connectivity index (χ1n) is 10.2. The molecule has 0 radical (unpaired) electrons. The molecule has 30 heavy (non-hydrogen) atoms. The second-order valence-corrected chi connectivity index (χ2v) is 8.76. The summed E-state index contributed by atoms with van der Waals surface area (Å²) in [5.74, 6) is -1.96. The predicted octanol–water partition coefficient (Wildman–Crippen LogP) is 4.80. The van der Waals surface area contributed by atoms with Gasteiger partial charge in [0.25, 0.3) is 0 Å². The molecule has 1 aliphatic carbocycles. The largest absolute Gasteiger partial charge is 0.444 e. The minimum absolute atomic E-state index is 0.145. The van der Waals surface area contributed by atoms with Gasteiger partial charge in [0, 0.05) is 25.3 Å². The number of allylic oxidation sites excluding steroid dienone is 3. The fourth-order valence-corrected chi connectivity index (χ4v) is 4.02. The van der Waals surface area contributed by atoms with Gasteiger partial charge in [0.05, 0.1) is 12.1 Å². The van der Waals surface area contributed by atoms with Gasteiger partial charge in [0.2, 0.25) is 5.91 Å². The molecule has 1 heterocycles. The van der Waals surface area contributed by atoms with E-state index >= 15 is 0 Å². The van der Waals surface area contributed by atoms with E-state index in [1.165, 1.54) is 0 Å². The summed E-state index contributed by atoms with van der Waals surface area (Å²) in [5, 5.41) is 2.80. The Morgan fingerprint density at radius 1 is 1.20 bits per heavy atom. The molecule has 7 heteroatoms. The van der Waals surface area contributed by atoms with Crippen LogP contribution in [-0.4, -0.2) is 34.6 Å². The number of alkyl carbamates (subject to hydrolysis) is 1. The summed E-state index contributed by atoms with van der Waals surface area (Å²) < 4.78 is 34.2. The van der Waals surface area contributed by atoms with Crippen LogP contribution in [0.4, 0.5) is 13.6 Å². The van der Waals surface area contributed by atoms with Crippen LogP contribution in [0.5, 0.6) is 0 Å². The van der Waals surface area contributed by atoms with Crippen molar-refractivity contribution in [3.8, 4) is 0 Å². The number of piperidine rings is 1. The first-order chi connectivity index (χ1) is 14.1. The molecule has 0 spiro atoms. The van der Waals surface area contributed by atoms with Crippen molar-refractivity contribution in [2.45, 2.75) is 64.3 Å². The number of hydrogen-bond donors (Lipinski definition) is 1. The first-order valence-corrected chi connectivity index (χ1v) is 10.2. The molecule has 0 bridgehead atoms. The van der Waals surface area contributed by atoms with E-state index in [0.29, 0.717) is 6.42 Å². The van der Waals surface area contributed by atoms with Crippen molar-refractivity contribution in [3.05, 3.63) is 59.7 Å². The van der Waals surface area contributed by atoms with E-state index in [2.05, 4.69) is 5.32 Å². The number of nitrogens with one attached hydrogen (secondary N) is 1. The lowest BCUT2D eigenvalue weighted by Crippen LogP contribution is -2.60. The molecule has 1 aromatic rings. The Kier molecular flexibility index (Phi) is 6.58. The zero-order valence-electron chi connectivity index (χ0n) is 17.5. The van der Waals surface area contributed by atoms with Gasteiger partial charge in [-0.05, 0) is 44.9 Å². The highest BCUT2D eigenvalue weighted by Gasteiger charge is 2.44. The Labute approximate surface area is 175 Å². The van der Waals surface area contributed by atoms with Crippen LogP contribution in [0, 0.1) is 5.92 Å². The second kappa shape index (κ2) is 8.98. The molecule has 1 saturated heterocycles. The number of halogens is 2. The third kappa shape index (κ3) is 5.46. The molecular weight excluding hydrogens is 390 g/mol. The number of ether oxygens (including phenoxy) is 1. The molecule has 3 rings (SSSR count). The number of carbonyl (C=O) groups is 2. The van der Waals surface area contributed by atoms with Gasteiger partial charge in [-0.15, -0.1) is 0 Å². The van der Waals surface area contributed by atoms with Crippen LogP contribution in [0.2, 0.25) is 0 Å². The van der Waals surface area contributed by atoms with Gasteiger partial charge in [-0.25, -0.2) is 13.6 Å². The third-order valence-corrected chi connectivity index (χ3v) is 5.26. The van der Waals surface area contributed by atoms with Crippen molar-refractivity contribution >= 4 is 12.0 Å². The van der Waals surface area contributed by atoms with Gasteiger partial charge >= 0.3 is 6.09 Å². The second-order valence-electron chi connectivity index (χ2n) is 8.76. The van der Waals surface area contributed by atoms with Gasteiger partial charge in [0.15, 0.2) is 0 Å². The summed E-state index contributed by atoms with van der Waals surface area (Å²) in [6.45, 7) is 5.51. The van der Waals surface area contributed by atoms with E-state index in [-0.39, 0.29) is 25.3 Å². The van der Waals surface area contributed by atoms with Crippen LogP contribution in [0.15, 0.2) is 54.1 Å². The molecule has 5 nitrogen and oxygen atoms in total. The van der Waals surface area contributed by atoms with Crippen molar-refractivity contribution in [2.24, 2.45) is 5.92 Å². The highest BCUT2D eigenvalue weighted by Crippen LogP contribution is 2.37. The van der Waals surface area contributed by atoms with E-state index < -0.39 is 41.3 Å². The van der Waals surface area contributed by atoms with Crippen molar-refractivity contribution in [1.82, 2.24) is 10.2 Å². The molecule has 1 fully saturated rings. The highest BCUT2D eigenvalue weighted by atomic mass is 19.1. The fraction of sp³-hybridized carbons (Fsp3) is 0.478. The van der Waals surface area contributed by atoms with E-state index in [1.54, 1.807) is 25.7 Å². The molecular formula is C23H28F2N2O3. The Morgan fingerprint density at radius 2 is 1.90 bits per heavy atom. The standard InChI is InChI=1S/C23H28F2N2O3/c1-23(2,3)30-22(29)26-19-11-12-20(28)27(14-15-7-5-4-6-8-15)21(19)17-13-16(24)9-10-18(17)25/h4-10,17,19,21H,11-14H2,1-3H3,(H,26,29)/t17?,19?,21-/m1/s1. The number of hydrogen-bond acceptors (Lipinski definition) is 3. The zero-order chi connectivity index (χ0) is 21.9. The Morgan fingerprint density at radius 3 is 2.57 bits per heavy atom. The summed E-state index contributed by atoms with van der Waals surface area (Å²) in [6, 6.07) is 8.06. The molecule has 0 aromatic heterocycles. The molecule has 2 unspecified atom stereocenters. The van der Waals surface area contributed by atoms with Crippen molar-refractivity contribution < 1.29 is 23.1 Å². The lowest BCUT2D eigenvalue weighted by molar-refractivity contribution is -0.140. The topological polar surface area (TPSA) is 58.6 Å². The van der Waals surface area contributed by atoms with E-state index in [4.69, 9.17) is 4.74 Å². The maximum absolute atomic E-state index is 14.8. The number of benzene rings is 1. The molecule has 3 atom stereocenters. The molecule has 1 N–H and O–H groups in total. The van der Waals surface area contributed by atoms with Crippen molar-refractivity contribution in [2.75, 3.05) is 0 Å². The third-order valence-electron chi connectivity index (χ3n) is 5.26. The Hall–Kier alpha value is -2.70. The lowest BCUT2D eigenvalue weighted by atomic mass is 9.81. The monoisotopic (exact) mass is 418 g/mol. The molecule has 1 aromatic carbocycles. The Balaban J connectivity index is 1.90. The van der Waals surface area contributed by atoms with Crippen LogP contribution in [0.1, 0.15) is 45.6 Å². The van der Waals surface area contributed by atoms with Gasteiger partial charge in [-0.1, -0.05) is 30.3 Å².